The van der Waals surface area contributed by atoms with Gasteiger partial charge in [0.2, 0.25) is 10.0 Å². The zero-order valence-corrected chi connectivity index (χ0v) is 13.1. The predicted octanol–water partition coefficient (Wildman–Crippen LogP) is 1.61. The Labute approximate surface area is 121 Å². The van der Waals surface area contributed by atoms with E-state index in [0.717, 1.165) is 12.0 Å². The lowest BCUT2D eigenvalue weighted by Gasteiger charge is -2.48. The van der Waals surface area contributed by atoms with Crippen molar-refractivity contribution in [1.82, 2.24) is 9.62 Å². The molecule has 2 fully saturated rings. The second-order valence-electron chi connectivity index (χ2n) is 6.47. The molecule has 1 saturated heterocycles. The average Bonchev–Trinajstić information content (AvgIpc) is 2.66. The standard InChI is InChI=1S/C15H22N2O2S/c1-11-4-6-12(7-5-11)20(18,19)17-9-13-14(16-3)8-15(13,2)10-17/h4-7,13-14,16H,8-10H2,1-3H3. The lowest BCUT2D eigenvalue weighted by Crippen LogP contribution is -2.54. The van der Waals surface area contributed by atoms with Crippen LogP contribution in [0.2, 0.25) is 0 Å². The van der Waals surface area contributed by atoms with Gasteiger partial charge in [-0.3, -0.25) is 0 Å². The molecule has 5 heteroatoms. The second kappa shape index (κ2) is 4.55. The molecular weight excluding hydrogens is 272 g/mol. The molecule has 1 aromatic rings. The zero-order valence-electron chi connectivity index (χ0n) is 12.3. The normalized spacial score (nSPS) is 33.8. The average molecular weight is 294 g/mol. The van der Waals surface area contributed by atoms with Crippen LogP contribution in [0.25, 0.3) is 0 Å². The van der Waals surface area contributed by atoms with Gasteiger partial charge in [-0.2, -0.15) is 4.31 Å². The number of hydrogen-bond donors (Lipinski definition) is 1. The van der Waals surface area contributed by atoms with Crippen LogP contribution in [0.5, 0.6) is 0 Å². The van der Waals surface area contributed by atoms with Crippen molar-refractivity contribution >= 4 is 10.0 Å². The van der Waals surface area contributed by atoms with E-state index in [4.69, 9.17) is 0 Å². The van der Waals surface area contributed by atoms with Gasteiger partial charge in [-0.05, 0) is 43.9 Å². The third kappa shape index (κ3) is 2.00. The van der Waals surface area contributed by atoms with E-state index in [1.165, 1.54) is 0 Å². The van der Waals surface area contributed by atoms with Crippen LogP contribution < -0.4 is 5.32 Å². The summed E-state index contributed by atoms with van der Waals surface area (Å²) in [7, 11) is -1.39. The summed E-state index contributed by atoms with van der Waals surface area (Å²) in [5.41, 5.74) is 1.22. The van der Waals surface area contributed by atoms with Crippen LogP contribution in [0.1, 0.15) is 18.9 Å². The van der Waals surface area contributed by atoms with E-state index in [2.05, 4.69) is 12.2 Å². The van der Waals surface area contributed by atoms with E-state index >= 15 is 0 Å². The fraction of sp³-hybridized carbons (Fsp3) is 0.600. The summed E-state index contributed by atoms with van der Waals surface area (Å²) >= 11 is 0. The van der Waals surface area contributed by atoms with E-state index in [-0.39, 0.29) is 5.41 Å². The Morgan fingerprint density at radius 2 is 1.95 bits per heavy atom. The Bertz CT molecular complexity index is 611. The Morgan fingerprint density at radius 1 is 1.30 bits per heavy atom. The van der Waals surface area contributed by atoms with Crippen molar-refractivity contribution in [3.8, 4) is 0 Å². The first-order valence-corrected chi connectivity index (χ1v) is 8.55. The molecule has 3 rings (SSSR count). The molecule has 1 aromatic carbocycles. The van der Waals surface area contributed by atoms with Crippen LogP contribution in [0.3, 0.4) is 0 Å². The molecule has 1 aliphatic carbocycles. The Hall–Kier alpha value is -0.910. The highest BCUT2D eigenvalue weighted by atomic mass is 32.2. The van der Waals surface area contributed by atoms with Crippen molar-refractivity contribution in [3.63, 3.8) is 0 Å². The van der Waals surface area contributed by atoms with Gasteiger partial charge in [0.25, 0.3) is 0 Å². The first-order chi connectivity index (χ1) is 9.37. The molecule has 4 nitrogen and oxygen atoms in total. The van der Waals surface area contributed by atoms with Gasteiger partial charge in [-0.15, -0.1) is 0 Å². The minimum atomic E-state index is -3.35. The van der Waals surface area contributed by atoms with E-state index < -0.39 is 10.0 Å². The highest BCUT2D eigenvalue weighted by Gasteiger charge is 2.57. The number of benzene rings is 1. The summed E-state index contributed by atoms with van der Waals surface area (Å²) in [6, 6.07) is 7.59. The molecular formula is C15H22N2O2S. The minimum absolute atomic E-state index is 0.144. The highest BCUT2D eigenvalue weighted by Crippen LogP contribution is 2.52. The Kier molecular flexibility index (Phi) is 3.19. The van der Waals surface area contributed by atoms with Gasteiger partial charge >= 0.3 is 0 Å². The number of fused-ring (bicyclic) bond motifs is 1. The molecule has 1 saturated carbocycles. The molecule has 1 N–H and O–H groups in total. The largest absolute Gasteiger partial charge is 0.317 e. The third-order valence-corrected chi connectivity index (χ3v) is 6.86. The van der Waals surface area contributed by atoms with Gasteiger partial charge < -0.3 is 5.32 Å². The van der Waals surface area contributed by atoms with Gasteiger partial charge in [-0.25, -0.2) is 8.42 Å². The SMILES string of the molecule is CNC1CC2(C)CN(S(=O)(=O)c3ccc(C)cc3)CC12. The molecule has 0 spiro atoms. The molecule has 0 radical (unpaired) electrons. The van der Waals surface area contributed by atoms with E-state index in [1.54, 1.807) is 16.4 Å². The lowest BCUT2D eigenvalue weighted by molar-refractivity contribution is 0.0573. The van der Waals surface area contributed by atoms with E-state index in [9.17, 15) is 8.42 Å². The maximum absolute atomic E-state index is 12.7. The van der Waals surface area contributed by atoms with Crippen LogP contribution in [-0.4, -0.2) is 38.9 Å². The van der Waals surface area contributed by atoms with Crippen LogP contribution in [0.15, 0.2) is 29.2 Å². The number of rotatable bonds is 3. The van der Waals surface area contributed by atoms with Crippen molar-refractivity contribution in [2.24, 2.45) is 11.3 Å². The maximum Gasteiger partial charge on any atom is 0.243 e. The van der Waals surface area contributed by atoms with Gasteiger partial charge in [0, 0.05) is 19.1 Å². The Morgan fingerprint density at radius 3 is 2.55 bits per heavy atom. The van der Waals surface area contributed by atoms with Gasteiger partial charge in [-0.1, -0.05) is 24.6 Å². The number of nitrogens with one attached hydrogen (secondary N) is 1. The summed E-state index contributed by atoms with van der Waals surface area (Å²) in [5.74, 6) is 0.438. The number of nitrogens with zero attached hydrogens (tertiary/aromatic N) is 1. The van der Waals surface area contributed by atoms with Gasteiger partial charge in [0.1, 0.15) is 0 Å². The molecule has 3 unspecified atom stereocenters. The molecule has 20 heavy (non-hydrogen) atoms. The van der Waals surface area contributed by atoms with Crippen LogP contribution in [-0.2, 0) is 10.0 Å². The lowest BCUT2D eigenvalue weighted by atomic mass is 9.60. The number of aryl methyl sites for hydroxylation is 1. The molecule has 0 amide bonds. The summed E-state index contributed by atoms with van der Waals surface area (Å²) in [6.07, 6.45) is 1.06. The smallest absolute Gasteiger partial charge is 0.243 e. The molecule has 110 valence electrons. The summed E-state index contributed by atoms with van der Waals surface area (Å²) in [5, 5.41) is 3.30. The first kappa shape index (κ1) is 14.0. The monoisotopic (exact) mass is 294 g/mol. The zero-order chi connectivity index (χ0) is 14.5. The summed E-state index contributed by atoms with van der Waals surface area (Å²) < 4.78 is 27.1. The fourth-order valence-corrected chi connectivity index (χ4v) is 5.28. The first-order valence-electron chi connectivity index (χ1n) is 7.11. The van der Waals surface area contributed by atoms with E-state index in [1.807, 2.05) is 26.1 Å². The summed E-state index contributed by atoms with van der Waals surface area (Å²) in [6.45, 7) is 5.45. The van der Waals surface area contributed by atoms with Gasteiger partial charge in [0.05, 0.1) is 4.90 Å². The predicted molar refractivity (Wildman–Crippen MR) is 79.0 cm³/mol. The molecule has 1 aliphatic heterocycles. The van der Waals surface area contributed by atoms with Gasteiger partial charge in [0.15, 0.2) is 0 Å². The van der Waals surface area contributed by atoms with Crippen molar-refractivity contribution in [1.29, 1.82) is 0 Å². The van der Waals surface area contributed by atoms with Crippen LogP contribution >= 0.6 is 0 Å². The minimum Gasteiger partial charge on any atom is -0.317 e. The molecule has 1 heterocycles. The van der Waals surface area contributed by atoms with E-state index in [0.29, 0.717) is 29.9 Å². The van der Waals surface area contributed by atoms with Crippen molar-refractivity contribution in [2.75, 3.05) is 20.1 Å². The van der Waals surface area contributed by atoms with Crippen molar-refractivity contribution < 1.29 is 8.42 Å². The fourth-order valence-electron chi connectivity index (χ4n) is 3.68. The molecule has 0 bridgehead atoms. The van der Waals surface area contributed by atoms with Crippen LogP contribution in [0.4, 0.5) is 0 Å². The molecule has 0 aromatic heterocycles. The highest BCUT2D eigenvalue weighted by molar-refractivity contribution is 7.89. The quantitative estimate of drug-likeness (QED) is 0.921. The second-order valence-corrected chi connectivity index (χ2v) is 8.41. The van der Waals surface area contributed by atoms with Crippen LogP contribution in [0, 0.1) is 18.3 Å². The van der Waals surface area contributed by atoms with Crippen molar-refractivity contribution in [3.05, 3.63) is 29.8 Å². The summed E-state index contributed by atoms with van der Waals surface area (Å²) in [4.78, 5) is 0.411. The number of sulfonamides is 1. The van der Waals surface area contributed by atoms with Crippen molar-refractivity contribution in [2.45, 2.75) is 31.2 Å². The molecule has 3 atom stereocenters. The third-order valence-electron chi connectivity index (χ3n) is 5.03. The number of hydrogen-bond acceptors (Lipinski definition) is 3. The topological polar surface area (TPSA) is 49.4 Å². The molecule has 2 aliphatic rings. The Balaban J connectivity index is 1.85. The maximum atomic E-state index is 12.7.